The number of hydrogen-bond donors (Lipinski definition) is 4. The van der Waals surface area contributed by atoms with E-state index in [-0.39, 0.29) is 52.2 Å². The average molecular weight is 458 g/mol. The molecule has 2 aliphatic rings. The van der Waals surface area contributed by atoms with Crippen molar-refractivity contribution in [2.24, 2.45) is 10.9 Å². The van der Waals surface area contributed by atoms with Crippen molar-refractivity contribution in [2.45, 2.75) is 11.4 Å². The summed E-state index contributed by atoms with van der Waals surface area (Å²) in [4.78, 5) is 48.3. The predicted molar refractivity (Wildman–Crippen MR) is 99.0 cm³/mol. The molecule has 1 aromatic carbocycles. The van der Waals surface area contributed by atoms with Crippen molar-refractivity contribution in [3.05, 3.63) is 41.1 Å². The van der Waals surface area contributed by atoms with E-state index in [0.29, 0.717) is 0 Å². The number of ether oxygens (including phenoxy) is 1. The van der Waals surface area contributed by atoms with Gasteiger partial charge in [0.25, 0.3) is 11.8 Å². The molecule has 14 heteroatoms. The van der Waals surface area contributed by atoms with Gasteiger partial charge in [0.05, 0.1) is 11.7 Å². The van der Waals surface area contributed by atoms with Crippen molar-refractivity contribution < 1.29 is 68.9 Å². The number of β-lactam (4-membered cyclic amide) rings is 1. The van der Waals surface area contributed by atoms with Crippen LogP contribution in [0.3, 0.4) is 0 Å². The van der Waals surface area contributed by atoms with Gasteiger partial charge in [-0.25, -0.2) is 4.79 Å². The molecule has 31 heavy (non-hydrogen) atoms. The zero-order chi connectivity index (χ0) is 22.0. The van der Waals surface area contributed by atoms with E-state index in [2.05, 4.69) is 15.2 Å². The average Bonchev–Trinajstić information content (AvgIpc) is 2.70. The molecule has 2 aliphatic heterocycles. The van der Waals surface area contributed by atoms with Crippen molar-refractivity contribution in [1.29, 1.82) is 0 Å². The van der Waals surface area contributed by atoms with Gasteiger partial charge in [0.1, 0.15) is 23.8 Å². The molecule has 3 rings (SSSR count). The monoisotopic (exact) mass is 458 g/mol. The maximum Gasteiger partial charge on any atom is 1.00 e. The summed E-state index contributed by atoms with van der Waals surface area (Å²) in [6, 6.07) is 4.31. The number of nitrogens with two attached hydrogens (primary N) is 1. The Bertz CT molecular complexity index is 998. The van der Waals surface area contributed by atoms with E-state index in [0.717, 1.165) is 16.7 Å². The minimum atomic E-state index is -1.64. The molecule has 0 spiro atoms. The van der Waals surface area contributed by atoms with Crippen LogP contribution in [0.5, 0.6) is 5.75 Å². The van der Waals surface area contributed by atoms with Crippen LogP contribution in [0.25, 0.3) is 0 Å². The van der Waals surface area contributed by atoms with Crippen LogP contribution in [0.2, 0.25) is 0 Å². The van der Waals surface area contributed by atoms with Crippen LogP contribution in [-0.4, -0.2) is 68.6 Å². The molecule has 2 heterocycles. The Morgan fingerprint density at radius 2 is 2.10 bits per heavy atom. The topological polar surface area (TPSA) is 195 Å². The van der Waals surface area contributed by atoms with Gasteiger partial charge in [-0.1, -0.05) is 17.3 Å². The van der Waals surface area contributed by atoms with E-state index < -0.39 is 53.3 Å². The van der Waals surface area contributed by atoms with E-state index in [1.54, 1.807) is 0 Å². The van der Waals surface area contributed by atoms with Crippen molar-refractivity contribution in [2.75, 3.05) is 12.4 Å². The number of carbonyl (C=O) groups excluding carboxylic acids is 4. The van der Waals surface area contributed by atoms with Crippen molar-refractivity contribution in [3.8, 4) is 5.75 Å². The van der Waals surface area contributed by atoms with E-state index >= 15 is 0 Å². The third kappa shape index (κ3) is 4.95. The Balaban J connectivity index is 0.00000341. The number of carboxylic acids is 1. The second kappa shape index (κ2) is 10.0. The number of fused-ring (bicyclic) bond motifs is 1. The van der Waals surface area contributed by atoms with Gasteiger partial charge in [-0.05, 0) is 12.1 Å². The summed E-state index contributed by atoms with van der Waals surface area (Å²) in [5, 5.41) is 34.8. The van der Waals surface area contributed by atoms with E-state index in [1.807, 2.05) is 0 Å². The van der Waals surface area contributed by atoms with Gasteiger partial charge in [-0.15, -0.1) is 11.8 Å². The first-order chi connectivity index (χ1) is 14.2. The Labute approximate surface area is 201 Å². The Kier molecular flexibility index (Phi) is 7.95. The minimum Gasteiger partial charge on any atom is -0.543 e. The molecule has 5 N–H and O–H groups in total. The Hall–Kier alpha value is -2.74. The van der Waals surface area contributed by atoms with Crippen molar-refractivity contribution in [1.82, 2.24) is 10.2 Å². The van der Waals surface area contributed by atoms with Crippen LogP contribution in [0, 0.1) is 0 Å². The number of thioether (sulfide) groups is 1. The standard InChI is InChI=1S/C17H16N4O8S.Na/c18-17(27)29-5-8-6-30-15-11(14(24)21(15)12(8)16(25)26)19-13(23)10(20-28)7-2-1-3-9(22)4-7;/h1-4,11,15,22,28H,5-6H2,(H2,18,27)(H,19,23)(H,25,26);/q;+1/p-1/t11?,15-;/m0./s1. The number of carbonyl (C=O) groups is 4. The molecule has 0 saturated carbocycles. The van der Waals surface area contributed by atoms with Crippen molar-refractivity contribution >= 4 is 41.4 Å². The van der Waals surface area contributed by atoms with Crippen LogP contribution in [0.4, 0.5) is 4.79 Å². The molecule has 3 amide bonds. The van der Waals surface area contributed by atoms with Crippen molar-refractivity contribution in [3.63, 3.8) is 0 Å². The maximum atomic E-state index is 12.5. The summed E-state index contributed by atoms with van der Waals surface area (Å²) in [5.74, 6) is -3.35. The number of aromatic hydroxyl groups is 1. The first-order valence-electron chi connectivity index (χ1n) is 8.37. The molecule has 0 radical (unpaired) electrons. The molecule has 1 saturated heterocycles. The summed E-state index contributed by atoms with van der Waals surface area (Å²) in [6.07, 6.45) is -1.10. The smallest absolute Gasteiger partial charge is 0.543 e. The molecular formula is C17H15N4NaO8S. The number of primary amides is 1. The number of aliphatic carboxylic acids is 1. The number of nitrogens with zero attached hydrogens (tertiary/aromatic N) is 2. The first kappa shape index (κ1) is 24.5. The number of phenols is 1. The summed E-state index contributed by atoms with van der Waals surface area (Å²) >= 11 is 1.13. The van der Waals surface area contributed by atoms with Crippen LogP contribution < -0.4 is 45.7 Å². The molecule has 12 nitrogen and oxygen atoms in total. The number of phenolic OH excluding ortho intramolecular Hbond substituents is 1. The molecule has 1 aromatic rings. The van der Waals surface area contributed by atoms with Gasteiger partial charge < -0.3 is 36.0 Å². The predicted octanol–water partition coefficient (Wildman–Crippen LogP) is -4.93. The fourth-order valence-electron chi connectivity index (χ4n) is 3.04. The van der Waals surface area contributed by atoms with Gasteiger partial charge in [-0.2, -0.15) is 0 Å². The fourth-order valence-corrected chi connectivity index (χ4v) is 4.37. The fraction of sp³-hybridized carbons (Fsp3) is 0.235. The SMILES string of the molecule is NC(=O)OCC1=C(C(=O)[O-])N2C(=O)C(NC(=O)C(=NO)c3cccc(O)c3)[C@@H]2SC1.[Na+]. The third-order valence-corrected chi connectivity index (χ3v) is 5.69. The van der Waals surface area contributed by atoms with Crippen LogP contribution in [0.1, 0.15) is 5.56 Å². The quantitative estimate of drug-likeness (QED) is 0.106. The summed E-state index contributed by atoms with van der Waals surface area (Å²) in [6.45, 7) is -0.419. The number of rotatable bonds is 6. The number of hydrogen-bond acceptors (Lipinski definition) is 10. The van der Waals surface area contributed by atoms with Crippen LogP contribution >= 0.6 is 11.8 Å². The zero-order valence-corrected chi connectivity index (χ0v) is 18.9. The molecule has 1 fully saturated rings. The first-order valence-corrected chi connectivity index (χ1v) is 9.42. The molecule has 0 aromatic heterocycles. The van der Waals surface area contributed by atoms with Crippen LogP contribution in [0.15, 0.2) is 40.7 Å². The Morgan fingerprint density at radius 3 is 2.68 bits per heavy atom. The van der Waals surface area contributed by atoms with Gasteiger partial charge in [-0.3, -0.25) is 14.5 Å². The van der Waals surface area contributed by atoms with E-state index in [9.17, 15) is 34.6 Å². The minimum absolute atomic E-state index is 0. The normalized spacial score (nSPS) is 20.2. The second-order valence-corrected chi connectivity index (χ2v) is 7.31. The number of benzene rings is 1. The number of oxime groups is 1. The largest absolute Gasteiger partial charge is 1.00 e. The second-order valence-electron chi connectivity index (χ2n) is 6.21. The van der Waals surface area contributed by atoms with Gasteiger partial charge >= 0.3 is 35.7 Å². The Morgan fingerprint density at radius 1 is 1.39 bits per heavy atom. The molecule has 0 bridgehead atoms. The number of nitrogens with one attached hydrogen (secondary N) is 1. The van der Waals surface area contributed by atoms with E-state index in [4.69, 9.17) is 5.73 Å². The molecule has 0 aliphatic carbocycles. The van der Waals surface area contributed by atoms with Crippen LogP contribution in [-0.2, 0) is 19.1 Å². The zero-order valence-electron chi connectivity index (χ0n) is 16.1. The summed E-state index contributed by atoms with van der Waals surface area (Å²) < 4.78 is 4.61. The molecule has 1 unspecified atom stereocenters. The maximum absolute atomic E-state index is 12.5. The van der Waals surface area contributed by atoms with Gasteiger partial charge in [0, 0.05) is 16.9 Å². The number of carboxylic acid groups (broad SMARTS) is 1. The van der Waals surface area contributed by atoms with Gasteiger partial charge in [0.15, 0.2) is 5.71 Å². The molecule has 158 valence electrons. The molecular weight excluding hydrogens is 443 g/mol. The summed E-state index contributed by atoms with van der Waals surface area (Å²) in [7, 11) is 0. The third-order valence-electron chi connectivity index (χ3n) is 4.35. The van der Waals surface area contributed by atoms with Gasteiger partial charge in [0.2, 0.25) is 0 Å². The molecule has 2 atom stereocenters. The van der Waals surface area contributed by atoms with E-state index in [1.165, 1.54) is 24.3 Å². The number of amides is 3. The summed E-state index contributed by atoms with van der Waals surface area (Å²) in [5.41, 5.74) is 4.23.